The second-order valence-corrected chi connectivity index (χ2v) is 10.1. The van der Waals surface area contributed by atoms with Crippen LogP contribution in [-0.2, 0) is 21.4 Å². The number of hydrogen-bond donors (Lipinski definition) is 3. The number of ether oxygens (including phenoxy) is 1. The van der Waals surface area contributed by atoms with Crippen molar-refractivity contribution in [1.82, 2.24) is 19.3 Å². The van der Waals surface area contributed by atoms with Crippen molar-refractivity contribution in [3.05, 3.63) is 99.7 Å². The number of sulfonamides is 1. The molecule has 0 spiro atoms. The lowest BCUT2D eigenvalue weighted by molar-refractivity contribution is -0.133. The molecule has 37 heavy (non-hydrogen) atoms. The van der Waals surface area contributed by atoms with Crippen LogP contribution in [0.3, 0.4) is 0 Å². The van der Waals surface area contributed by atoms with Gasteiger partial charge in [0.25, 0.3) is 11.5 Å². The van der Waals surface area contributed by atoms with Crippen LogP contribution < -0.4 is 21.5 Å². The Morgan fingerprint density at radius 2 is 1.62 bits per heavy atom. The number of hydrogen-bond acceptors (Lipinski definition) is 7. The summed E-state index contributed by atoms with van der Waals surface area (Å²) >= 11 is 0. The monoisotopic (exact) mass is 524 g/mol. The van der Waals surface area contributed by atoms with Gasteiger partial charge >= 0.3 is 5.69 Å². The second kappa shape index (κ2) is 10.8. The van der Waals surface area contributed by atoms with E-state index < -0.39 is 33.2 Å². The molecule has 3 N–H and O–H groups in total. The van der Waals surface area contributed by atoms with Crippen molar-refractivity contribution >= 4 is 26.8 Å². The third-order valence-electron chi connectivity index (χ3n) is 5.86. The number of carbonyl (C=O) groups excluding carboxylic acids is 1. The van der Waals surface area contributed by atoms with Crippen LogP contribution in [-0.4, -0.2) is 46.5 Å². The first-order valence-electron chi connectivity index (χ1n) is 11.2. The molecule has 0 bridgehead atoms. The van der Waals surface area contributed by atoms with Crippen LogP contribution in [0.1, 0.15) is 6.42 Å². The van der Waals surface area contributed by atoms with Gasteiger partial charge in [0.15, 0.2) is 0 Å². The molecule has 12 heteroatoms. The minimum absolute atomic E-state index is 0.0993. The maximum atomic E-state index is 13.3. The van der Waals surface area contributed by atoms with Gasteiger partial charge in [-0.2, -0.15) is 4.31 Å². The summed E-state index contributed by atoms with van der Waals surface area (Å²) in [5, 5.41) is 9.54. The number of likely N-dealkylation sites (N-methyl/N-ethyl adjacent to an activating group) is 1. The molecule has 11 nitrogen and oxygen atoms in total. The molecular weight excluding hydrogens is 500 g/mol. The molecule has 1 aromatic heterocycles. The largest absolute Gasteiger partial charge is 0.457 e. The fourth-order valence-corrected chi connectivity index (χ4v) is 5.26. The highest BCUT2D eigenvalue weighted by atomic mass is 32.2. The van der Waals surface area contributed by atoms with E-state index in [1.165, 1.54) is 41.4 Å². The highest BCUT2D eigenvalue weighted by molar-refractivity contribution is 7.89. The predicted octanol–water partition coefficient (Wildman–Crippen LogP) is 2.07. The van der Waals surface area contributed by atoms with Crippen LogP contribution in [0, 0.1) is 0 Å². The number of aromatic nitrogens is 2. The van der Waals surface area contributed by atoms with Crippen LogP contribution in [0.25, 0.3) is 10.9 Å². The number of hydroxylamine groups is 1. The van der Waals surface area contributed by atoms with E-state index in [0.29, 0.717) is 17.0 Å². The molecule has 0 aliphatic rings. The summed E-state index contributed by atoms with van der Waals surface area (Å²) in [5.74, 6) is 0.0265. The number of aromatic amines is 1. The smallest absolute Gasteiger partial charge is 0.328 e. The summed E-state index contributed by atoms with van der Waals surface area (Å²) in [6, 6.07) is 19.7. The number of nitrogens with zero attached hydrogens (tertiary/aromatic N) is 2. The summed E-state index contributed by atoms with van der Waals surface area (Å²) < 4.78 is 34.4. The molecule has 0 radical (unpaired) electrons. The second-order valence-electron chi connectivity index (χ2n) is 8.12. The van der Waals surface area contributed by atoms with E-state index in [1.807, 2.05) is 6.07 Å². The van der Waals surface area contributed by atoms with E-state index in [1.54, 1.807) is 48.5 Å². The number of carbonyl (C=O) groups is 1. The number of rotatable bonds is 9. The van der Waals surface area contributed by atoms with E-state index in [0.717, 1.165) is 4.31 Å². The average molecular weight is 525 g/mol. The van der Waals surface area contributed by atoms with Gasteiger partial charge in [-0.15, -0.1) is 0 Å². The van der Waals surface area contributed by atoms with Crippen LogP contribution in [0.4, 0.5) is 0 Å². The molecule has 1 unspecified atom stereocenters. The lowest BCUT2D eigenvalue weighted by Crippen LogP contribution is -2.47. The average Bonchev–Trinajstić information content (AvgIpc) is 2.91. The Labute approximate surface area is 211 Å². The Morgan fingerprint density at radius 1 is 1.00 bits per heavy atom. The first-order chi connectivity index (χ1) is 17.7. The predicted molar refractivity (Wildman–Crippen MR) is 135 cm³/mol. The van der Waals surface area contributed by atoms with E-state index >= 15 is 0 Å². The summed E-state index contributed by atoms with van der Waals surface area (Å²) in [6.07, 6.45) is -0.173. The first kappa shape index (κ1) is 25.8. The van der Waals surface area contributed by atoms with Crippen LogP contribution in [0.5, 0.6) is 11.5 Å². The van der Waals surface area contributed by atoms with Gasteiger partial charge < -0.3 is 4.74 Å². The van der Waals surface area contributed by atoms with Gasteiger partial charge in [0, 0.05) is 13.6 Å². The van der Waals surface area contributed by atoms with Gasteiger partial charge in [0.2, 0.25) is 10.0 Å². The van der Waals surface area contributed by atoms with Gasteiger partial charge in [0.05, 0.1) is 15.8 Å². The lowest BCUT2D eigenvalue weighted by Gasteiger charge is -2.26. The molecule has 1 heterocycles. The summed E-state index contributed by atoms with van der Waals surface area (Å²) in [5.41, 5.74) is 0.568. The van der Waals surface area contributed by atoms with Crippen molar-refractivity contribution in [2.24, 2.45) is 0 Å². The number of para-hydroxylation sites is 2. The number of fused-ring (bicyclic) bond motifs is 1. The lowest BCUT2D eigenvalue weighted by atomic mass is 10.2. The van der Waals surface area contributed by atoms with Crippen molar-refractivity contribution in [2.75, 3.05) is 7.05 Å². The van der Waals surface area contributed by atoms with Crippen LogP contribution >= 0.6 is 0 Å². The van der Waals surface area contributed by atoms with Crippen molar-refractivity contribution in [1.29, 1.82) is 0 Å². The fourth-order valence-electron chi connectivity index (χ4n) is 3.91. The molecule has 1 atom stereocenters. The molecule has 4 aromatic rings. The fraction of sp³-hybridized carbons (Fsp3) is 0.160. The molecule has 0 saturated carbocycles. The van der Waals surface area contributed by atoms with E-state index in [9.17, 15) is 28.0 Å². The van der Waals surface area contributed by atoms with E-state index in [-0.39, 0.29) is 23.2 Å². The minimum Gasteiger partial charge on any atom is -0.457 e. The first-order valence-corrected chi connectivity index (χ1v) is 12.6. The molecule has 0 fully saturated rings. The highest BCUT2D eigenvalue weighted by Gasteiger charge is 2.33. The van der Waals surface area contributed by atoms with Crippen molar-refractivity contribution < 1.29 is 23.2 Å². The zero-order valence-electron chi connectivity index (χ0n) is 19.7. The summed E-state index contributed by atoms with van der Waals surface area (Å²) in [6.45, 7) is -0.113. The highest BCUT2D eigenvalue weighted by Crippen LogP contribution is 2.25. The van der Waals surface area contributed by atoms with Gasteiger partial charge in [-0.3, -0.25) is 24.3 Å². The van der Waals surface area contributed by atoms with E-state index in [4.69, 9.17) is 4.74 Å². The Hall–Kier alpha value is -4.26. The van der Waals surface area contributed by atoms with Crippen molar-refractivity contribution in [3.8, 4) is 11.5 Å². The quantitative estimate of drug-likeness (QED) is 0.224. The Kier molecular flexibility index (Phi) is 7.53. The third-order valence-corrected chi connectivity index (χ3v) is 7.74. The van der Waals surface area contributed by atoms with Gasteiger partial charge in [-0.25, -0.2) is 18.7 Å². The van der Waals surface area contributed by atoms with Crippen molar-refractivity contribution in [3.63, 3.8) is 0 Å². The summed E-state index contributed by atoms with van der Waals surface area (Å²) in [4.78, 5) is 39.2. The third kappa shape index (κ3) is 5.45. The topological polar surface area (TPSA) is 151 Å². The Morgan fingerprint density at radius 3 is 2.30 bits per heavy atom. The Balaban J connectivity index is 1.58. The Bertz CT molecular complexity index is 1630. The number of amides is 1. The zero-order valence-corrected chi connectivity index (χ0v) is 20.5. The molecule has 4 rings (SSSR count). The molecule has 3 aromatic carbocycles. The SMILES string of the molecule is CN(C(CCn1c(=O)[nH]c(=O)c2ccccc21)C(=O)NO)S(=O)(=O)c1ccc(Oc2ccccc2)cc1. The molecule has 192 valence electrons. The number of aryl methyl sites for hydroxylation is 1. The molecule has 0 aliphatic carbocycles. The zero-order chi connectivity index (χ0) is 26.6. The summed E-state index contributed by atoms with van der Waals surface area (Å²) in [7, 11) is -2.98. The van der Waals surface area contributed by atoms with Gasteiger partial charge in [-0.05, 0) is 55.0 Å². The van der Waals surface area contributed by atoms with E-state index in [2.05, 4.69) is 4.98 Å². The maximum Gasteiger partial charge on any atom is 0.328 e. The van der Waals surface area contributed by atoms with Gasteiger partial charge in [-0.1, -0.05) is 30.3 Å². The number of H-pyrrole nitrogens is 1. The minimum atomic E-state index is -4.19. The maximum absolute atomic E-state index is 13.3. The van der Waals surface area contributed by atoms with Crippen LogP contribution in [0.15, 0.2) is 93.3 Å². The van der Waals surface area contributed by atoms with Crippen molar-refractivity contribution in [2.45, 2.75) is 23.9 Å². The van der Waals surface area contributed by atoms with Crippen LogP contribution in [0.2, 0.25) is 0 Å². The standard InChI is InChI=1S/C25H24N4O7S/c1-28(37(34,35)19-13-11-18(12-14-19)36-17-7-3-2-4-8-17)22(24(31)27-33)15-16-29-21-10-6-5-9-20(21)23(30)26-25(29)32/h2-14,22,33H,15-16H2,1H3,(H,27,31)(H,26,30,32). The molecule has 1 amide bonds. The molecule has 0 aliphatic heterocycles. The number of nitrogens with one attached hydrogen (secondary N) is 2. The molecule has 0 saturated heterocycles. The normalized spacial score (nSPS) is 12.4. The number of benzene rings is 3. The van der Waals surface area contributed by atoms with Gasteiger partial charge in [0.1, 0.15) is 17.5 Å². The molecular formula is C25H24N4O7S.